The lowest BCUT2D eigenvalue weighted by Gasteiger charge is -2.27. The van der Waals surface area contributed by atoms with Crippen molar-refractivity contribution < 1.29 is 21.9 Å². The van der Waals surface area contributed by atoms with Crippen LogP contribution in [0.25, 0.3) is 0 Å². The number of alkyl halides is 2. The van der Waals surface area contributed by atoms with Crippen LogP contribution in [0.4, 0.5) is 20.2 Å². The molecule has 1 N–H and O–H groups in total. The van der Waals surface area contributed by atoms with Gasteiger partial charge in [-0.15, -0.1) is 0 Å². The topological polar surface area (TPSA) is 61.9 Å². The lowest BCUT2D eigenvalue weighted by atomic mass is 10.1. The summed E-state index contributed by atoms with van der Waals surface area (Å²) in [5.41, 5.74) is 2.56. The summed E-state index contributed by atoms with van der Waals surface area (Å²) in [7, 11) is -2.49. The number of sulfonamides is 1. The molecular weight excluding hydrogens is 400 g/mol. The number of ether oxygens (including phenoxy) is 1. The van der Waals surface area contributed by atoms with Gasteiger partial charge < -0.3 is 15.0 Å². The summed E-state index contributed by atoms with van der Waals surface area (Å²) in [5, 5.41) is 3.36. The maximum atomic E-state index is 13.1. The number of hydrogen-bond acceptors (Lipinski definition) is 5. The van der Waals surface area contributed by atoms with Crippen molar-refractivity contribution in [3.8, 4) is 5.75 Å². The Morgan fingerprint density at radius 1 is 1.14 bits per heavy atom. The van der Waals surface area contributed by atoms with E-state index in [0.29, 0.717) is 5.69 Å². The van der Waals surface area contributed by atoms with Crippen molar-refractivity contribution in [3.63, 3.8) is 0 Å². The van der Waals surface area contributed by atoms with Gasteiger partial charge in [0.2, 0.25) is 0 Å². The highest BCUT2D eigenvalue weighted by molar-refractivity contribution is 7.92. The zero-order valence-electron chi connectivity index (χ0n) is 16.4. The maximum absolute atomic E-state index is 13.1. The number of anilines is 2. The highest BCUT2D eigenvalue weighted by Crippen LogP contribution is 2.30. The Labute approximate surface area is 170 Å². The predicted octanol–water partition coefficient (Wildman–Crippen LogP) is 3.22. The van der Waals surface area contributed by atoms with Gasteiger partial charge in [-0.1, -0.05) is 12.1 Å². The van der Waals surface area contributed by atoms with Crippen molar-refractivity contribution in [1.29, 1.82) is 0 Å². The molecule has 0 saturated carbocycles. The minimum absolute atomic E-state index is 0.112. The molecule has 1 fully saturated rings. The molecule has 0 aromatic heterocycles. The molecule has 2 aromatic carbocycles. The zero-order chi connectivity index (χ0) is 21.0. The van der Waals surface area contributed by atoms with Crippen LogP contribution in [0.1, 0.15) is 12.0 Å². The van der Waals surface area contributed by atoms with Crippen LogP contribution in [-0.2, 0) is 10.0 Å². The molecule has 6 nitrogen and oxygen atoms in total. The van der Waals surface area contributed by atoms with E-state index >= 15 is 0 Å². The molecule has 0 atom stereocenters. The van der Waals surface area contributed by atoms with E-state index in [2.05, 4.69) is 15.0 Å². The van der Waals surface area contributed by atoms with Gasteiger partial charge in [-0.3, -0.25) is 4.31 Å². The van der Waals surface area contributed by atoms with E-state index in [4.69, 9.17) is 0 Å². The first-order valence-electron chi connectivity index (χ1n) is 9.39. The molecule has 1 heterocycles. The second-order valence-electron chi connectivity index (χ2n) is 6.89. The van der Waals surface area contributed by atoms with E-state index in [0.717, 1.165) is 54.2 Å². The summed E-state index contributed by atoms with van der Waals surface area (Å²) in [5.74, 6) is -0.198. The van der Waals surface area contributed by atoms with Gasteiger partial charge in [0.15, 0.2) is 0 Å². The fourth-order valence-electron chi connectivity index (χ4n) is 3.33. The fraction of sp³-hybridized carbons (Fsp3) is 0.400. The normalized spacial score (nSPS) is 15.3. The molecule has 3 rings (SSSR count). The molecule has 0 spiro atoms. The van der Waals surface area contributed by atoms with Crippen LogP contribution in [0.5, 0.6) is 5.75 Å². The largest absolute Gasteiger partial charge is 0.435 e. The van der Waals surface area contributed by atoms with Crippen molar-refractivity contribution in [2.75, 3.05) is 42.4 Å². The smallest absolute Gasteiger partial charge is 0.387 e. The quantitative estimate of drug-likeness (QED) is 0.770. The van der Waals surface area contributed by atoms with E-state index in [1.165, 1.54) is 25.2 Å². The molecule has 2 aromatic rings. The van der Waals surface area contributed by atoms with Crippen LogP contribution in [0.2, 0.25) is 0 Å². The molecule has 9 heteroatoms. The molecule has 1 aliphatic heterocycles. The van der Waals surface area contributed by atoms with Gasteiger partial charge in [0, 0.05) is 38.4 Å². The Morgan fingerprint density at radius 3 is 2.69 bits per heavy atom. The van der Waals surface area contributed by atoms with Crippen molar-refractivity contribution in [1.82, 2.24) is 5.32 Å². The number of nitrogens with one attached hydrogen (secondary N) is 1. The molecule has 0 radical (unpaired) electrons. The number of benzene rings is 2. The Morgan fingerprint density at radius 2 is 1.93 bits per heavy atom. The summed E-state index contributed by atoms with van der Waals surface area (Å²) in [6, 6.07) is 10.6. The van der Waals surface area contributed by atoms with Gasteiger partial charge in [-0.25, -0.2) is 8.42 Å². The van der Waals surface area contributed by atoms with Crippen molar-refractivity contribution in [2.45, 2.75) is 24.9 Å². The number of hydrogen-bond donors (Lipinski definition) is 1. The zero-order valence-corrected chi connectivity index (χ0v) is 17.3. The summed E-state index contributed by atoms with van der Waals surface area (Å²) in [4.78, 5) is 2.13. The third-order valence-electron chi connectivity index (χ3n) is 4.93. The van der Waals surface area contributed by atoms with Gasteiger partial charge >= 0.3 is 6.61 Å². The van der Waals surface area contributed by atoms with Gasteiger partial charge in [0.05, 0.1) is 10.6 Å². The van der Waals surface area contributed by atoms with Crippen molar-refractivity contribution in [3.05, 3.63) is 48.0 Å². The number of halogens is 2. The van der Waals surface area contributed by atoms with Gasteiger partial charge in [-0.05, 0) is 49.7 Å². The Kier molecular flexibility index (Phi) is 6.59. The van der Waals surface area contributed by atoms with Gasteiger partial charge in [0.25, 0.3) is 10.0 Å². The lowest BCUT2D eigenvalue weighted by molar-refractivity contribution is -0.0499. The van der Waals surface area contributed by atoms with Gasteiger partial charge in [-0.2, -0.15) is 8.78 Å². The van der Waals surface area contributed by atoms with E-state index in [1.54, 1.807) is 6.07 Å². The third kappa shape index (κ3) is 4.97. The van der Waals surface area contributed by atoms with Crippen molar-refractivity contribution in [2.24, 2.45) is 0 Å². The van der Waals surface area contributed by atoms with E-state index < -0.39 is 16.6 Å². The molecule has 1 saturated heterocycles. The SMILES string of the molecule is Cc1ccc(N(C)S(=O)(=O)c2cccc(OC(F)F)c2)cc1N1CCCNCC1. The Balaban J connectivity index is 1.91. The van der Waals surface area contributed by atoms with Crippen LogP contribution in [-0.4, -0.2) is 48.3 Å². The molecule has 0 unspecified atom stereocenters. The Hall–Kier alpha value is -2.39. The summed E-state index contributed by atoms with van der Waals surface area (Å²) in [6.45, 7) is 2.54. The number of aryl methyl sites for hydroxylation is 1. The highest BCUT2D eigenvalue weighted by atomic mass is 32.2. The monoisotopic (exact) mass is 425 g/mol. The summed E-state index contributed by atoms with van der Waals surface area (Å²) in [6.07, 6.45) is 1.01. The minimum Gasteiger partial charge on any atom is -0.435 e. The average molecular weight is 426 g/mol. The second-order valence-corrected chi connectivity index (χ2v) is 8.86. The molecule has 0 bridgehead atoms. The van der Waals surface area contributed by atoms with Crippen LogP contribution in [0.15, 0.2) is 47.4 Å². The second kappa shape index (κ2) is 8.96. The first-order valence-corrected chi connectivity index (χ1v) is 10.8. The molecule has 1 aliphatic rings. The average Bonchev–Trinajstić information content (AvgIpc) is 2.97. The highest BCUT2D eigenvalue weighted by Gasteiger charge is 2.23. The number of rotatable bonds is 6. The van der Waals surface area contributed by atoms with Crippen LogP contribution in [0, 0.1) is 6.92 Å². The lowest BCUT2D eigenvalue weighted by Crippen LogP contribution is -2.30. The fourth-order valence-corrected chi connectivity index (χ4v) is 4.55. The van der Waals surface area contributed by atoms with Crippen LogP contribution < -0.4 is 19.3 Å². The minimum atomic E-state index is -3.94. The Bertz CT molecular complexity index is 946. The molecular formula is C20H25F2N3O3S. The van der Waals surface area contributed by atoms with E-state index in [9.17, 15) is 17.2 Å². The maximum Gasteiger partial charge on any atom is 0.387 e. The van der Waals surface area contributed by atoms with Crippen molar-refractivity contribution >= 4 is 21.4 Å². The first-order chi connectivity index (χ1) is 13.8. The first kappa shape index (κ1) is 21.3. The molecule has 0 aliphatic carbocycles. The van der Waals surface area contributed by atoms with Crippen LogP contribution in [0.3, 0.4) is 0 Å². The third-order valence-corrected chi connectivity index (χ3v) is 6.71. The summed E-state index contributed by atoms with van der Waals surface area (Å²) < 4.78 is 56.5. The predicted molar refractivity (Wildman–Crippen MR) is 110 cm³/mol. The van der Waals surface area contributed by atoms with E-state index in [-0.39, 0.29) is 10.6 Å². The molecule has 158 valence electrons. The standard InChI is InChI=1S/C20H25F2N3O3S/c1-15-7-8-16(13-19(15)25-11-4-9-23-10-12-25)24(2)29(26,27)18-6-3-5-17(14-18)28-20(21)22/h3,5-8,13-14,20,23H,4,9-12H2,1-2H3. The number of nitrogens with zero attached hydrogens (tertiary/aromatic N) is 2. The molecule has 29 heavy (non-hydrogen) atoms. The van der Waals surface area contributed by atoms with Gasteiger partial charge in [0.1, 0.15) is 5.75 Å². The van der Waals surface area contributed by atoms with E-state index in [1.807, 2.05) is 19.1 Å². The summed E-state index contributed by atoms with van der Waals surface area (Å²) >= 11 is 0. The molecule has 0 amide bonds. The van der Waals surface area contributed by atoms with Crippen LogP contribution >= 0.6 is 0 Å².